The highest BCUT2D eigenvalue weighted by Gasteiger charge is 2.07. The molecule has 0 aromatic heterocycles. The Kier molecular flexibility index (Phi) is 4.79. The van der Waals surface area contributed by atoms with Crippen molar-refractivity contribution < 1.29 is 10.2 Å². The van der Waals surface area contributed by atoms with Crippen LogP contribution in [0.1, 0.15) is 49.8 Å². The summed E-state index contributed by atoms with van der Waals surface area (Å²) in [6.07, 6.45) is 0.823. The molecule has 84 valence electrons. The highest BCUT2D eigenvalue weighted by molar-refractivity contribution is 5.25. The molecular formula is C13H20O2. The highest BCUT2D eigenvalue weighted by Crippen LogP contribution is 2.21. The SMILES string of the molecule is CC(C)c1ccc(C(O)CCCO)cc1. The Morgan fingerprint density at radius 3 is 2.07 bits per heavy atom. The molecule has 1 atom stereocenters. The Hall–Kier alpha value is -0.860. The highest BCUT2D eigenvalue weighted by atomic mass is 16.3. The van der Waals surface area contributed by atoms with E-state index in [2.05, 4.69) is 26.0 Å². The molecule has 0 bridgehead atoms. The molecule has 0 fully saturated rings. The van der Waals surface area contributed by atoms with Crippen LogP contribution in [-0.2, 0) is 0 Å². The summed E-state index contributed by atoms with van der Waals surface area (Å²) in [5.74, 6) is 0.522. The molecule has 1 aromatic carbocycles. The number of benzene rings is 1. The zero-order valence-corrected chi connectivity index (χ0v) is 9.48. The molecule has 0 amide bonds. The maximum atomic E-state index is 9.77. The lowest BCUT2D eigenvalue weighted by atomic mass is 9.98. The van der Waals surface area contributed by atoms with E-state index in [0.29, 0.717) is 18.8 Å². The van der Waals surface area contributed by atoms with Gasteiger partial charge in [-0.1, -0.05) is 38.1 Å². The van der Waals surface area contributed by atoms with Crippen molar-refractivity contribution in [3.63, 3.8) is 0 Å². The summed E-state index contributed by atoms with van der Waals surface area (Å²) in [7, 11) is 0. The Morgan fingerprint density at radius 2 is 1.60 bits per heavy atom. The molecule has 0 spiro atoms. The van der Waals surface area contributed by atoms with Crippen molar-refractivity contribution in [2.24, 2.45) is 0 Å². The van der Waals surface area contributed by atoms with E-state index in [-0.39, 0.29) is 6.61 Å². The van der Waals surface area contributed by atoms with Crippen LogP contribution in [0.15, 0.2) is 24.3 Å². The molecule has 0 aliphatic heterocycles. The van der Waals surface area contributed by atoms with Gasteiger partial charge in [0.05, 0.1) is 6.10 Å². The first kappa shape index (κ1) is 12.2. The normalized spacial score (nSPS) is 13.1. The fourth-order valence-electron chi connectivity index (χ4n) is 1.55. The summed E-state index contributed by atoms with van der Waals surface area (Å²) in [5, 5.41) is 18.4. The Morgan fingerprint density at radius 1 is 1.07 bits per heavy atom. The van der Waals surface area contributed by atoms with Crippen molar-refractivity contribution >= 4 is 0 Å². The molecule has 1 aromatic rings. The van der Waals surface area contributed by atoms with Crippen molar-refractivity contribution in [2.75, 3.05) is 6.61 Å². The van der Waals surface area contributed by atoms with Crippen LogP contribution in [0.2, 0.25) is 0 Å². The first-order valence-corrected chi connectivity index (χ1v) is 5.54. The van der Waals surface area contributed by atoms with Crippen molar-refractivity contribution in [1.82, 2.24) is 0 Å². The first-order valence-electron chi connectivity index (χ1n) is 5.54. The zero-order chi connectivity index (χ0) is 11.3. The second-order valence-corrected chi connectivity index (χ2v) is 4.20. The lowest BCUT2D eigenvalue weighted by Gasteiger charge is -2.12. The second kappa shape index (κ2) is 5.89. The van der Waals surface area contributed by atoms with Crippen LogP contribution in [0.25, 0.3) is 0 Å². The van der Waals surface area contributed by atoms with Gasteiger partial charge in [0.2, 0.25) is 0 Å². The third kappa shape index (κ3) is 3.65. The average Bonchev–Trinajstić information content (AvgIpc) is 2.26. The van der Waals surface area contributed by atoms with Crippen LogP contribution in [0, 0.1) is 0 Å². The molecule has 1 rings (SSSR count). The molecule has 0 aliphatic rings. The Bertz CT molecular complexity index is 277. The quantitative estimate of drug-likeness (QED) is 0.781. The summed E-state index contributed by atoms with van der Waals surface area (Å²) < 4.78 is 0. The molecule has 1 unspecified atom stereocenters. The minimum atomic E-state index is -0.446. The van der Waals surface area contributed by atoms with E-state index in [4.69, 9.17) is 5.11 Å². The average molecular weight is 208 g/mol. The predicted octanol–water partition coefficient (Wildman–Crippen LogP) is 2.62. The maximum Gasteiger partial charge on any atom is 0.0790 e. The maximum absolute atomic E-state index is 9.77. The fourth-order valence-corrected chi connectivity index (χ4v) is 1.55. The Labute approximate surface area is 91.6 Å². The van der Waals surface area contributed by atoms with Gasteiger partial charge >= 0.3 is 0 Å². The summed E-state index contributed by atoms with van der Waals surface area (Å²) >= 11 is 0. The van der Waals surface area contributed by atoms with Crippen molar-refractivity contribution in [3.05, 3.63) is 35.4 Å². The lowest BCUT2D eigenvalue weighted by Crippen LogP contribution is -1.99. The monoisotopic (exact) mass is 208 g/mol. The van der Waals surface area contributed by atoms with E-state index < -0.39 is 6.10 Å². The molecule has 2 N–H and O–H groups in total. The number of rotatable bonds is 5. The molecule has 0 saturated carbocycles. The van der Waals surface area contributed by atoms with Crippen LogP contribution in [-0.4, -0.2) is 16.8 Å². The van der Waals surface area contributed by atoms with E-state index in [1.165, 1.54) is 5.56 Å². The van der Waals surface area contributed by atoms with E-state index in [1.54, 1.807) is 0 Å². The minimum Gasteiger partial charge on any atom is -0.396 e. The third-order valence-corrected chi connectivity index (χ3v) is 2.62. The molecule has 2 heteroatoms. The van der Waals surface area contributed by atoms with Crippen LogP contribution in [0.4, 0.5) is 0 Å². The van der Waals surface area contributed by atoms with Gasteiger partial charge in [-0.2, -0.15) is 0 Å². The number of aliphatic hydroxyl groups excluding tert-OH is 2. The minimum absolute atomic E-state index is 0.140. The second-order valence-electron chi connectivity index (χ2n) is 4.20. The van der Waals surface area contributed by atoms with E-state index in [9.17, 15) is 5.11 Å². The molecule has 0 heterocycles. The Balaban J connectivity index is 2.62. The van der Waals surface area contributed by atoms with Gasteiger partial charge < -0.3 is 10.2 Å². The number of aliphatic hydroxyl groups is 2. The zero-order valence-electron chi connectivity index (χ0n) is 9.48. The van der Waals surface area contributed by atoms with Gasteiger partial charge in [0.1, 0.15) is 0 Å². The van der Waals surface area contributed by atoms with Gasteiger partial charge in [0, 0.05) is 6.61 Å². The number of hydrogen-bond donors (Lipinski definition) is 2. The first-order chi connectivity index (χ1) is 7.15. The predicted molar refractivity (Wildman–Crippen MR) is 61.8 cm³/mol. The van der Waals surface area contributed by atoms with E-state index in [1.807, 2.05) is 12.1 Å². The van der Waals surface area contributed by atoms with Crippen LogP contribution in [0.3, 0.4) is 0 Å². The van der Waals surface area contributed by atoms with Crippen molar-refractivity contribution in [3.8, 4) is 0 Å². The molecule has 2 nitrogen and oxygen atoms in total. The topological polar surface area (TPSA) is 40.5 Å². The van der Waals surface area contributed by atoms with E-state index in [0.717, 1.165) is 5.56 Å². The third-order valence-electron chi connectivity index (χ3n) is 2.62. The smallest absolute Gasteiger partial charge is 0.0790 e. The molecule has 0 aliphatic carbocycles. The van der Waals surface area contributed by atoms with Gasteiger partial charge in [-0.15, -0.1) is 0 Å². The van der Waals surface area contributed by atoms with Gasteiger partial charge in [0.15, 0.2) is 0 Å². The van der Waals surface area contributed by atoms with E-state index >= 15 is 0 Å². The summed E-state index contributed by atoms with van der Waals surface area (Å²) in [6.45, 7) is 4.44. The van der Waals surface area contributed by atoms with Crippen LogP contribution < -0.4 is 0 Å². The fraction of sp³-hybridized carbons (Fsp3) is 0.538. The van der Waals surface area contributed by atoms with Gasteiger partial charge in [-0.05, 0) is 29.9 Å². The molecular weight excluding hydrogens is 188 g/mol. The molecule has 15 heavy (non-hydrogen) atoms. The summed E-state index contributed by atoms with van der Waals surface area (Å²) in [5.41, 5.74) is 2.22. The summed E-state index contributed by atoms with van der Waals surface area (Å²) in [6, 6.07) is 8.05. The largest absolute Gasteiger partial charge is 0.396 e. The van der Waals surface area contributed by atoms with Crippen molar-refractivity contribution in [1.29, 1.82) is 0 Å². The van der Waals surface area contributed by atoms with Gasteiger partial charge in [-0.25, -0.2) is 0 Å². The summed E-state index contributed by atoms with van der Waals surface area (Å²) in [4.78, 5) is 0. The van der Waals surface area contributed by atoms with Crippen molar-refractivity contribution in [2.45, 2.75) is 38.7 Å². The molecule has 0 saturated heterocycles. The standard InChI is InChI=1S/C13H20O2/c1-10(2)11-5-7-12(8-6-11)13(15)4-3-9-14/h5-8,10,13-15H,3-4,9H2,1-2H3. The van der Waals surface area contributed by atoms with Gasteiger partial charge in [0.25, 0.3) is 0 Å². The lowest BCUT2D eigenvalue weighted by molar-refractivity contribution is 0.152. The number of hydrogen-bond acceptors (Lipinski definition) is 2. The van der Waals surface area contributed by atoms with Crippen LogP contribution in [0.5, 0.6) is 0 Å². The molecule has 0 radical (unpaired) electrons. The van der Waals surface area contributed by atoms with Gasteiger partial charge in [-0.3, -0.25) is 0 Å². The van der Waals surface area contributed by atoms with Crippen LogP contribution >= 0.6 is 0 Å².